The summed E-state index contributed by atoms with van der Waals surface area (Å²) in [4.78, 5) is 0. The maximum Gasteiger partial charge on any atom is 0 e. The van der Waals surface area contributed by atoms with Gasteiger partial charge in [0.1, 0.15) is 0 Å². The summed E-state index contributed by atoms with van der Waals surface area (Å²) >= 11 is 0. The van der Waals surface area contributed by atoms with Gasteiger partial charge in [-0.15, -0.1) is 0 Å². The van der Waals surface area contributed by atoms with Gasteiger partial charge in [0, 0.05) is 21.1 Å². The topological polar surface area (TPSA) is 0 Å². The van der Waals surface area contributed by atoms with Crippen molar-refractivity contribution in [2.75, 3.05) is 0 Å². The maximum atomic E-state index is 3.76. The zero-order valence-electron chi connectivity index (χ0n) is 6.67. The Balaban J connectivity index is -0.000000163. The molecule has 0 fully saturated rings. The van der Waals surface area contributed by atoms with Crippen molar-refractivity contribution in [3.63, 3.8) is 0 Å². The molecule has 1 rings (SSSR count). The summed E-state index contributed by atoms with van der Waals surface area (Å²) in [6, 6.07) is 0. The van der Waals surface area contributed by atoms with Gasteiger partial charge in [0.05, 0.1) is 0 Å². The van der Waals surface area contributed by atoms with Crippen LogP contribution in [0.25, 0.3) is 0 Å². The van der Waals surface area contributed by atoms with E-state index in [-0.39, 0.29) is 35.9 Å². The van der Waals surface area contributed by atoms with E-state index in [9.17, 15) is 0 Å². The molecule has 0 saturated carbocycles. The Hall–Kier alpha value is 0.168. The van der Waals surface area contributed by atoms with Crippen molar-refractivity contribution in [1.82, 2.24) is 0 Å². The second-order valence-electron chi connectivity index (χ2n) is 1.71. The quantitative estimate of drug-likeness (QED) is 0.652. The zero-order valence-corrected chi connectivity index (χ0v) is 8.94. The summed E-state index contributed by atoms with van der Waals surface area (Å²) in [5, 5.41) is 0. The van der Waals surface area contributed by atoms with Crippen LogP contribution in [0.3, 0.4) is 0 Å². The van der Waals surface area contributed by atoms with Crippen molar-refractivity contribution in [2.45, 2.75) is 12.8 Å². The first-order chi connectivity index (χ1) is 3.43. The molecule has 64 valence electrons. The van der Waals surface area contributed by atoms with E-state index in [1.54, 1.807) is 0 Å². The van der Waals surface area contributed by atoms with Gasteiger partial charge in [-0.25, -0.2) is 0 Å². The second kappa shape index (κ2) is 9.17. The first-order valence-electron chi connectivity index (χ1n) is 2.57. The molecular weight excluding hydrogens is 303 g/mol. The Morgan fingerprint density at radius 1 is 1.40 bits per heavy atom. The van der Waals surface area contributed by atoms with Crippen molar-refractivity contribution in [2.24, 2.45) is 0 Å². The van der Waals surface area contributed by atoms with E-state index in [0.717, 1.165) is 12.8 Å². The summed E-state index contributed by atoms with van der Waals surface area (Å²) in [6.45, 7) is 3.76. The molecule has 0 aromatic rings. The molecule has 0 aromatic carbocycles. The van der Waals surface area contributed by atoms with Crippen LogP contribution in [0.15, 0.2) is 23.8 Å². The van der Waals surface area contributed by atoms with Crippen LogP contribution in [0.5, 0.6) is 0 Å². The van der Waals surface area contributed by atoms with Gasteiger partial charge < -0.3 is 21.8 Å². The zero-order chi connectivity index (χ0) is 5.11. The fraction of sp³-hybridized carbons (Fsp3) is 0.222. The Kier molecular flexibility index (Phi) is 15.3. The van der Waals surface area contributed by atoms with Gasteiger partial charge >= 0.3 is 0 Å². The van der Waals surface area contributed by atoms with E-state index in [2.05, 4.69) is 25.2 Å². The summed E-state index contributed by atoms with van der Waals surface area (Å²) in [7, 11) is 0. The van der Waals surface area contributed by atoms with Crippen LogP contribution in [0.2, 0.25) is 0 Å². The molecule has 0 heterocycles. The average molecular weight is 318 g/mol. The van der Waals surface area contributed by atoms with Crippen molar-refractivity contribution in [1.29, 1.82) is 0 Å². The molecule has 0 spiro atoms. The monoisotopic (exact) mass is 318 g/mol. The third-order valence-corrected chi connectivity index (χ3v) is 1.17. The van der Waals surface area contributed by atoms with E-state index >= 15 is 0 Å². The number of rotatable bonds is 1. The predicted molar refractivity (Wildman–Crippen MR) is 44.6 cm³/mol. The molecule has 0 atom stereocenters. The Morgan fingerprint density at radius 3 is 2.20 bits per heavy atom. The van der Waals surface area contributed by atoms with Gasteiger partial charge in [0.15, 0.2) is 0 Å². The van der Waals surface area contributed by atoms with Gasteiger partial charge in [-0.3, -0.25) is 0 Å². The van der Waals surface area contributed by atoms with Crippen molar-refractivity contribution >= 4 is 0 Å². The van der Waals surface area contributed by atoms with E-state index in [1.807, 2.05) is 0 Å². The first-order valence-corrected chi connectivity index (χ1v) is 2.57. The van der Waals surface area contributed by atoms with E-state index < -0.39 is 0 Å². The van der Waals surface area contributed by atoms with Crippen LogP contribution in [-0.2, 0) is 21.1 Å². The minimum Gasteiger partial charge on any atom is -0.358 e. The van der Waals surface area contributed by atoms with Crippen molar-refractivity contribution < 1.29 is 21.1 Å². The molecular formula is C9H15Pt-3. The summed E-state index contributed by atoms with van der Waals surface area (Å²) in [5.74, 6) is 0. The van der Waals surface area contributed by atoms with Gasteiger partial charge in [0.2, 0.25) is 0 Å². The molecule has 0 bridgehead atoms. The van der Waals surface area contributed by atoms with E-state index in [0.29, 0.717) is 0 Å². The maximum absolute atomic E-state index is 3.76. The van der Waals surface area contributed by atoms with Crippen molar-refractivity contribution in [3.05, 3.63) is 45.6 Å². The number of hydrogen-bond donors (Lipinski definition) is 0. The minimum atomic E-state index is 0. The second-order valence-corrected chi connectivity index (χ2v) is 1.71. The fourth-order valence-corrected chi connectivity index (χ4v) is 0.677. The number of allylic oxidation sites excluding steroid dienone is 4. The van der Waals surface area contributed by atoms with Gasteiger partial charge in [0.25, 0.3) is 0 Å². The Labute approximate surface area is 79.7 Å². The molecule has 10 heavy (non-hydrogen) atoms. The molecule has 0 aromatic heterocycles. The smallest absolute Gasteiger partial charge is 0 e. The summed E-state index contributed by atoms with van der Waals surface area (Å²) in [6.07, 6.45) is 8.46. The average Bonchev–Trinajstić information content (AvgIpc) is 2.14. The predicted octanol–water partition coefficient (Wildman–Crippen LogP) is 2.99. The first kappa shape index (κ1) is 16.6. The van der Waals surface area contributed by atoms with Crippen LogP contribution in [0.4, 0.5) is 0 Å². The normalized spacial score (nSPS) is 12.3. The minimum absolute atomic E-state index is 0. The molecule has 1 aliphatic rings. The SMILES string of the molecule is [CH2-]CC1=CC=CC1.[CH3-].[CH3-].[Pt]. The molecule has 0 N–H and O–H groups in total. The Bertz CT molecular complexity index is 112. The molecule has 0 amide bonds. The van der Waals surface area contributed by atoms with E-state index in [1.165, 1.54) is 5.57 Å². The van der Waals surface area contributed by atoms with Gasteiger partial charge in [-0.1, -0.05) is 23.8 Å². The van der Waals surface area contributed by atoms with Gasteiger partial charge in [-0.2, -0.15) is 6.42 Å². The van der Waals surface area contributed by atoms with Gasteiger partial charge in [-0.05, 0) is 6.42 Å². The molecule has 1 heteroatoms. The van der Waals surface area contributed by atoms with Crippen LogP contribution in [-0.4, -0.2) is 0 Å². The molecule has 0 nitrogen and oxygen atoms in total. The third-order valence-electron chi connectivity index (χ3n) is 1.17. The number of hydrogen-bond acceptors (Lipinski definition) is 0. The molecule has 1 aliphatic carbocycles. The molecule has 0 unspecified atom stereocenters. The van der Waals surface area contributed by atoms with Crippen LogP contribution < -0.4 is 0 Å². The third kappa shape index (κ3) is 4.99. The van der Waals surface area contributed by atoms with Crippen molar-refractivity contribution in [3.8, 4) is 0 Å². The molecule has 0 radical (unpaired) electrons. The van der Waals surface area contributed by atoms with Crippen LogP contribution in [0, 0.1) is 21.8 Å². The summed E-state index contributed by atoms with van der Waals surface area (Å²) in [5.41, 5.74) is 1.44. The standard InChI is InChI=1S/C7H9.2CH3.Pt/c1-2-7-5-3-4-6-7;;;/h3-5H,1-2,6H2;2*1H3;/q3*-1;. The van der Waals surface area contributed by atoms with Crippen LogP contribution >= 0.6 is 0 Å². The Morgan fingerprint density at radius 2 is 2.00 bits per heavy atom. The molecule has 0 saturated heterocycles. The van der Waals surface area contributed by atoms with Crippen LogP contribution in [0.1, 0.15) is 12.8 Å². The largest absolute Gasteiger partial charge is 0.358 e. The summed E-state index contributed by atoms with van der Waals surface area (Å²) < 4.78 is 0. The molecule has 0 aliphatic heterocycles. The fourth-order valence-electron chi connectivity index (χ4n) is 0.677. The van der Waals surface area contributed by atoms with E-state index in [4.69, 9.17) is 0 Å².